The van der Waals surface area contributed by atoms with E-state index < -0.39 is 0 Å². The second-order valence-corrected chi connectivity index (χ2v) is 7.50. The van der Waals surface area contributed by atoms with Crippen molar-refractivity contribution in [3.63, 3.8) is 0 Å². The van der Waals surface area contributed by atoms with Crippen LogP contribution in [-0.2, 0) is 4.74 Å². The summed E-state index contributed by atoms with van der Waals surface area (Å²) in [5.41, 5.74) is 0.718. The van der Waals surface area contributed by atoms with Gasteiger partial charge < -0.3 is 20.1 Å². The van der Waals surface area contributed by atoms with Gasteiger partial charge in [-0.25, -0.2) is 9.18 Å². The molecule has 2 N–H and O–H groups in total. The van der Waals surface area contributed by atoms with E-state index in [2.05, 4.69) is 10.6 Å². The van der Waals surface area contributed by atoms with Crippen molar-refractivity contribution in [2.75, 3.05) is 6.61 Å². The van der Waals surface area contributed by atoms with Crippen molar-refractivity contribution in [2.45, 2.75) is 63.3 Å². The van der Waals surface area contributed by atoms with Crippen LogP contribution < -0.4 is 15.4 Å². The molecule has 0 spiro atoms. The lowest BCUT2D eigenvalue weighted by molar-refractivity contribution is 0.0980. The normalized spacial score (nSPS) is 28.6. The summed E-state index contributed by atoms with van der Waals surface area (Å²) in [7, 11) is 0. The second kappa shape index (κ2) is 6.83. The number of carbonyl (C=O) groups is 1. The third-order valence-electron chi connectivity index (χ3n) is 5.40. The summed E-state index contributed by atoms with van der Waals surface area (Å²) in [6.45, 7) is 2.43. The number of hydrogen-bond donors (Lipinski definition) is 2. The maximum atomic E-state index is 14.2. The second-order valence-electron chi connectivity index (χ2n) is 7.50. The highest BCUT2D eigenvalue weighted by atomic mass is 19.1. The molecule has 4 atom stereocenters. The number of nitrogens with one attached hydrogen (secondary N) is 2. The molecule has 6 heteroatoms. The topological polar surface area (TPSA) is 59.6 Å². The molecule has 2 bridgehead atoms. The van der Waals surface area contributed by atoms with Gasteiger partial charge in [-0.2, -0.15) is 0 Å². The Labute approximate surface area is 147 Å². The van der Waals surface area contributed by atoms with Gasteiger partial charge in [0.2, 0.25) is 0 Å². The van der Waals surface area contributed by atoms with Crippen molar-refractivity contribution in [1.29, 1.82) is 0 Å². The molecule has 2 amide bonds. The molecule has 4 rings (SSSR count). The van der Waals surface area contributed by atoms with Crippen molar-refractivity contribution < 1.29 is 18.7 Å². The quantitative estimate of drug-likeness (QED) is 0.829. The van der Waals surface area contributed by atoms with Crippen molar-refractivity contribution in [2.24, 2.45) is 5.92 Å². The molecule has 2 saturated heterocycles. The summed E-state index contributed by atoms with van der Waals surface area (Å²) in [6, 6.07) is 4.45. The smallest absolute Gasteiger partial charge is 0.315 e. The minimum atomic E-state index is -0.381. The predicted molar refractivity (Wildman–Crippen MR) is 91.0 cm³/mol. The summed E-state index contributed by atoms with van der Waals surface area (Å²) < 4.78 is 25.4. The van der Waals surface area contributed by atoms with E-state index in [0.29, 0.717) is 18.6 Å². The molecule has 1 aromatic rings. The highest BCUT2D eigenvalue weighted by Gasteiger charge is 2.41. The molecule has 2 aliphatic heterocycles. The molecule has 1 aromatic carbocycles. The van der Waals surface area contributed by atoms with Gasteiger partial charge in [-0.15, -0.1) is 0 Å². The molecular weight excluding hydrogens is 323 g/mol. The molecular formula is C19H25FN2O3. The van der Waals surface area contributed by atoms with Gasteiger partial charge in [0.05, 0.1) is 30.9 Å². The fourth-order valence-electron chi connectivity index (χ4n) is 3.68. The number of carbonyl (C=O) groups excluding carboxylic acids is 1. The number of fused-ring (bicyclic) bond motifs is 2. The van der Waals surface area contributed by atoms with Crippen LogP contribution in [0.3, 0.4) is 0 Å². The van der Waals surface area contributed by atoms with E-state index in [0.717, 1.165) is 24.8 Å². The predicted octanol–water partition coefficient (Wildman–Crippen LogP) is 3.29. The van der Waals surface area contributed by atoms with Crippen LogP contribution in [0, 0.1) is 11.7 Å². The summed E-state index contributed by atoms with van der Waals surface area (Å²) in [5, 5.41) is 5.86. The summed E-state index contributed by atoms with van der Waals surface area (Å²) >= 11 is 0. The third kappa shape index (κ3) is 3.89. The third-order valence-corrected chi connectivity index (χ3v) is 5.40. The van der Waals surface area contributed by atoms with E-state index >= 15 is 0 Å². The minimum absolute atomic E-state index is 0.0842. The SMILES string of the molecule is C[C@@H](NC(=O)N[C@@H]1C[C@H]2CC[C@H]1O2)c1ccc(OCC2CC2)c(F)c1. The van der Waals surface area contributed by atoms with Crippen LogP contribution in [0.25, 0.3) is 0 Å². The first-order chi connectivity index (χ1) is 12.1. The van der Waals surface area contributed by atoms with Crippen LogP contribution in [0.1, 0.15) is 50.6 Å². The van der Waals surface area contributed by atoms with Gasteiger partial charge in [0, 0.05) is 0 Å². The van der Waals surface area contributed by atoms with E-state index in [4.69, 9.17) is 9.47 Å². The van der Waals surface area contributed by atoms with E-state index in [-0.39, 0.29) is 35.8 Å². The number of halogens is 1. The molecule has 1 aliphatic carbocycles. The van der Waals surface area contributed by atoms with Gasteiger partial charge in [-0.1, -0.05) is 6.07 Å². The van der Waals surface area contributed by atoms with Crippen LogP contribution in [-0.4, -0.2) is 30.9 Å². The number of urea groups is 1. The van der Waals surface area contributed by atoms with E-state index in [1.807, 2.05) is 6.92 Å². The molecule has 3 fully saturated rings. The fraction of sp³-hybridized carbons (Fsp3) is 0.632. The molecule has 5 nitrogen and oxygen atoms in total. The average molecular weight is 348 g/mol. The zero-order chi connectivity index (χ0) is 17.4. The minimum Gasteiger partial charge on any atom is -0.490 e. The van der Waals surface area contributed by atoms with E-state index in [1.54, 1.807) is 12.1 Å². The Bertz CT molecular complexity index is 650. The Morgan fingerprint density at radius 3 is 2.84 bits per heavy atom. The molecule has 3 aliphatic rings. The molecule has 0 radical (unpaired) electrons. The van der Waals surface area contributed by atoms with E-state index in [9.17, 15) is 9.18 Å². The molecule has 136 valence electrons. The number of amides is 2. The summed E-state index contributed by atoms with van der Waals surface area (Å²) in [6.07, 6.45) is 5.77. The van der Waals surface area contributed by atoms with Crippen LogP contribution in [0.2, 0.25) is 0 Å². The molecule has 2 heterocycles. The maximum absolute atomic E-state index is 14.2. The standard InChI is InChI=1S/C19H25FN2O3/c1-11(21-19(23)22-16-9-14-5-7-18(16)25-14)13-4-6-17(15(20)8-13)24-10-12-2-3-12/h4,6,8,11-12,14,16,18H,2-3,5,7,9-10H2,1H3,(H2,21,22,23)/t11-,14-,16-,18-/m1/s1. The van der Waals surface area contributed by atoms with E-state index in [1.165, 1.54) is 18.9 Å². The van der Waals surface area contributed by atoms with Crippen LogP contribution in [0.15, 0.2) is 18.2 Å². The highest BCUT2D eigenvalue weighted by Crippen LogP contribution is 2.34. The van der Waals surface area contributed by atoms with Crippen molar-refractivity contribution in [1.82, 2.24) is 10.6 Å². The van der Waals surface area contributed by atoms with Gasteiger partial charge >= 0.3 is 6.03 Å². The number of ether oxygens (including phenoxy) is 2. The largest absolute Gasteiger partial charge is 0.490 e. The lowest BCUT2D eigenvalue weighted by Gasteiger charge is -2.22. The Morgan fingerprint density at radius 1 is 1.36 bits per heavy atom. The lowest BCUT2D eigenvalue weighted by Crippen LogP contribution is -2.46. The van der Waals surface area contributed by atoms with Crippen molar-refractivity contribution in [3.05, 3.63) is 29.6 Å². The lowest BCUT2D eigenvalue weighted by atomic mass is 9.96. The first kappa shape index (κ1) is 16.6. The average Bonchev–Trinajstić information content (AvgIpc) is 3.18. The van der Waals surface area contributed by atoms with Gasteiger partial charge in [0.1, 0.15) is 0 Å². The van der Waals surface area contributed by atoms with Gasteiger partial charge in [-0.3, -0.25) is 0 Å². The Morgan fingerprint density at radius 2 is 2.20 bits per heavy atom. The fourth-order valence-corrected chi connectivity index (χ4v) is 3.68. The van der Waals surface area contributed by atoms with Crippen LogP contribution in [0.4, 0.5) is 9.18 Å². The first-order valence-electron chi connectivity index (χ1n) is 9.23. The van der Waals surface area contributed by atoms with Gasteiger partial charge in [0.15, 0.2) is 11.6 Å². The molecule has 1 saturated carbocycles. The number of rotatable bonds is 6. The zero-order valence-corrected chi connectivity index (χ0v) is 14.5. The maximum Gasteiger partial charge on any atom is 0.315 e. The Hall–Kier alpha value is -1.82. The number of benzene rings is 1. The van der Waals surface area contributed by atoms with Gasteiger partial charge in [-0.05, 0) is 62.6 Å². The van der Waals surface area contributed by atoms with Crippen molar-refractivity contribution >= 4 is 6.03 Å². The van der Waals surface area contributed by atoms with Crippen molar-refractivity contribution in [3.8, 4) is 5.75 Å². The molecule has 0 unspecified atom stereocenters. The van der Waals surface area contributed by atoms with Crippen LogP contribution in [0.5, 0.6) is 5.75 Å². The molecule has 0 aromatic heterocycles. The first-order valence-corrected chi connectivity index (χ1v) is 9.23. The Kier molecular flexibility index (Phi) is 4.54. The van der Waals surface area contributed by atoms with Crippen LogP contribution >= 0.6 is 0 Å². The summed E-state index contributed by atoms with van der Waals surface area (Å²) in [5.74, 6) is 0.485. The zero-order valence-electron chi connectivity index (χ0n) is 14.5. The molecule has 25 heavy (non-hydrogen) atoms. The highest BCUT2D eigenvalue weighted by molar-refractivity contribution is 5.75. The Balaban J connectivity index is 1.29. The summed E-state index contributed by atoms with van der Waals surface area (Å²) in [4.78, 5) is 12.2. The monoisotopic (exact) mass is 348 g/mol. The van der Waals surface area contributed by atoms with Gasteiger partial charge in [0.25, 0.3) is 0 Å². The number of hydrogen-bond acceptors (Lipinski definition) is 3.